The molecule has 2 aromatic heterocycles. The molecule has 4 heterocycles. The Kier molecular flexibility index (Phi) is 22.2. The van der Waals surface area contributed by atoms with Gasteiger partial charge in [0.15, 0.2) is 0 Å². The number of piperidine rings is 2. The lowest BCUT2D eigenvalue weighted by Crippen LogP contribution is -2.55. The van der Waals surface area contributed by atoms with Gasteiger partial charge < -0.3 is 31.1 Å². The average molecular weight is 1240 g/mol. The molecule has 4 aliphatic carbocycles. The lowest BCUT2D eigenvalue weighted by atomic mass is 9.63. The number of benzene rings is 4. The number of likely N-dealkylation sites (tertiary alicyclic amines) is 2. The highest BCUT2D eigenvalue weighted by molar-refractivity contribution is 6.30. The molecule has 6 aromatic rings. The third-order valence-corrected chi connectivity index (χ3v) is 21.5. The van der Waals surface area contributed by atoms with Crippen molar-refractivity contribution >= 4 is 46.4 Å². The Hall–Kier alpha value is -5.94. The second-order valence-electron chi connectivity index (χ2n) is 26.7. The van der Waals surface area contributed by atoms with Crippen LogP contribution in [0, 0.1) is 34.3 Å². The summed E-state index contributed by atoms with van der Waals surface area (Å²) in [6.45, 7) is 4.94. The molecule has 2 atom stereocenters. The Balaban J connectivity index is 0.000000182. The van der Waals surface area contributed by atoms with Gasteiger partial charge in [-0.15, -0.1) is 0 Å². The van der Waals surface area contributed by atoms with Crippen molar-refractivity contribution < 1.29 is 18.4 Å². The van der Waals surface area contributed by atoms with E-state index < -0.39 is 0 Å². The fourth-order valence-corrected chi connectivity index (χ4v) is 16.2. The SMILES string of the molecule is O=C([C@@H](Cc1ccc(Cl)cc1)N[C@H]1CC[C@@H](Nc2ccc(F)cc2)CC1)N1CCC(Cn2cncn2)(C2CCCCC2)CC1.O=C([C@@H](Cc1ccc(Cl)cc1)N[C@H]1CC[C@H](Nc2ccc(F)cc2)CC1)N1CCC(Cn2cncn2)(C2CCCCC2)CC1. The van der Waals surface area contributed by atoms with Crippen molar-refractivity contribution in [2.75, 3.05) is 36.8 Å². The smallest absolute Gasteiger partial charge is 0.240 e. The van der Waals surface area contributed by atoms with Gasteiger partial charge >= 0.3 is 0 Å². The van der Waals surface area contributed by atoms with E-state index >= 15 is 0 Å². The lowest BCUT2D eigenvalue weighted by molar-refractivity contribution is -0.138. The second-order valence-corrected chi connectivity index (χ2v) is 27.6. The lowest BCUT2D eigenvalue weighted by Gasteiger charge is -2.48. The largest absolute Gasteiger partial charge is 0.382 e. The van der Waals surface area contributed by atoms with Gasteiger partial charge in [0.25, 0.3) is 0 Å². The number of amides is 2. The maximum atomic E-state index is 14.2. The van der Waals surface area contributed by atoms with Gasteiger partial charge in [-0.25, -0.2) is 18.7 Å². The summed E-state index contributed by atoms with van der Waals surface area (Å²) in [4.78, 5) is 41.2. The Labute approximate surface area is 530 Å². The number of hydrogen-bond donors (Lipinski definition) is 4. The van der Waals surface area contributed by atoms with Gasteiger partial charge in [-0.3, -0.25) is 19.0 Å². The number of halogens is 4. The maximum absolute atomic E-state index is 14.2. The Morgan fingerprint density at radius 3 is 1.14 bits per heavy atom. The molecule has 6 fully saturated rings. The van der Waals surface area contributed by atoms with Crippen molar-refractivity contribution in [3.63, 3.8) is 0 Å². The van der Waals surface area contributed by atoms with Crippen LogP contribution in [0.5, 0.6) is 0 Å². The molecule has 0 bridgehead atoms. The van der Waals surface area contributed by atoms with Gasteiger partial charge in [-0.2, -0.15) is 10.2 Å². The van der Waals surface area contributed by atoms with E-state index in [1.54, 1.807) is 36.9 Å². The summed E-state index contributed by atoms with van der Waals surface area (Å²) in [5, 5.41) is 25.1. The van der Waals surface area contributed by atoms with E-state index in [0.29, 0.717) is 46.8 Å². The second kappa shape index (κ2) is 30.7. The van der Waals surface area contributed by atoms with Crippen molar-refractivity contribution in [1.82, 2.24) is 50.0 Å². The topological polar surface area (TPSA) is 150 Å². The normalized spacial score (nSPS) is 23.3. The summed E-state index contributed by atoms with van der Waals surface area (Å²) in [7, 11) is 0. The molecule has 0 spiro atoms. The summed E-state index contributed by atoms with van der Waals surface area (Å²) in [6, 6.07) is 29.7. The molecule has 12 rings (SSSR count). The zero-order valence-electron chi connectivity index (χ0n) is 51.3. The van der Waals surface area contributed by atoms with Crippen LogP contribution in [-0.4, -0.2) is 114 Å². The van der Waals surface area contributed by atoms with E-state index in [-0.39, 0.29) is 58.4 Å². The zero-order valence-corrected chi connectivity index (χ0v) is 52.8. The summed E-state index contributed by atoms with van der Waals surface area (Å²) in [5.74, 6) is 1.35. The van der Waals surface area contributed by atoms with E-state index in [1.807, 2.05) is 70.5 Å². The molecule has 472 valence electrons. The third-order valence-electron chi connectivity index (χ3n) is 21.0. The molecule has 88 heavy (non-hydrogen) atoms. The molecular formula is C70H92Cl2F2N12O2. The number of carbonyl (C=O) groups is 2. The van der Waals surface area contributed by atoms with E-state index in [0.717, 1.165) is 139 Å². The molecule has 14 nitrogen and oxygen atoms in total. The summed E-state index contributed by atoms with van der Waals surface area (Å²) >= 11 is 12.4. The minimum Gasteiger partial charge on any atom is -0.382 e. The molecule has 2 aliphatic heterocycles. The highest BCUT2D eigenvalue weighted by Gasteiger charge is 2.46. The van der Waals surface area contributed by atoms with E-state index in [2.05, 4.69) is 51.2 Å². The van der Waals surface area contributed by atoms with Gasteiger partial charge in [-0.1, -0.05) is 86.0 Å². The van der Waals surface area contributed by atoms with Gasteiger partial charge in [0.1, 0.15) is 36.9 Å². The predicted molar refractivity (Wildman–Crippen MR) is 346 cm³/mol. The molecule has 6 aliphatic rings. The van der Waals surface area contributed by atoms with Crippen LogP contribution in [-0.2, 0) is 35.5 Å². The van der Waals surface area contributed by atoms with Crippen LogP contribution in [0.1, 0.15) is 152 Å². The molecule has 4 aromatic carbocycles. The van der Waals surface area contributed by atoms with Crippen molar-refractivity contribution in [2.24, 2.45) is 22.7 Å². The number of nitrogens with one attached hydrogen (secondary N) is 4. The molecular weight excluding hydrogens is 1150 g/mol. The first-order valence-electron chi connectivity index (χ1n) is 33.2. The molecule has 0 radical (unpaired) electrons. The summed E-state index contributed by atoms with van der Waals surface area (Å²) in [6.07, 6.45) is 33.3. The van der Waals surface area contributed by atoms with Crippen molar-refractivity contribution in [2.45, 2.75) is 203 Å². The van der Waals surface area contributed by atoms with Gasteiger partial charge in [0.05, 0.1) is 12.1 Å². The molecule has 0 unspecified atom stereocenters. The van der Waals surface area contributed by atoms with Crippen LogP contribution in [0.25, 0.3) is 0 Å². The summed E-state index contributed by atoms with van der Waals surface area (Å²) < 4.78 is 30.7. The monoisotopic (exact) mass is 1240 g/mol. The Bertz CT molecular complexity index is 2830. The predicted octanol–water partition coefficient (Wildman–Crippen LogP) is 13.8. The van der Waals surface area contributed by atoms with Crippen LogP contribution in [0.4, 0.5) is 20.2 Å². The van der Waals surface area contributed by atoms with Gasteiger partial charge in [0.2, 0.25) is 11.8 Å². The number of carbonyl (C=O) groups excluding carboxylic acids is 2. The van der Waals surface area contributed by atoms with Crippen LogP contribution in [0.15, 0.2) is 122 Å². The standard InChI is InChI=1S/2C35H46ClFN6O/c2*36-28-8-6-26(7-9-28)22-33(41-32-16-14-31(15-17-32)40-30-12-10-29(37)11-13-30)34(44)42-20-18-35(19-21-42,23-43-25-38-24-39-43)27-4-2-1-3-5-27/h2*6-13,24-25,27,31-33,40-41H,1-5,14-23H2/t31-,32+,33-;31-,32-,33-/m11/s1. The fraction of sp³-hybridized carbons (Fsp3) is 0.571. The Morgan fingerprint density at radius 1 is 0.466 bits per heavy atom. The molecule has 2 amide bonds. The number of rotatable bonds is 20. The van der Waals surface area contributed by atoms with Crippen LogP contribution >= 0.6 is 23.2 Å². The minimum absolute atomic E-state index is 0.167. The number of anilines is 2. The zero-order chi connectivity index (χ0) is 60.7. The van der Waals surface area contributed by atoms with Crippen LogP contribution in [0.3, 0.4) is 0 Å². The first kappa shape index (κ1) is 63.6. The highest BCUT2D eigenvalue weighted by Crippen LogP contribution is 2.49. The van der Waals surface area contributed by atoms with Crippen molar-refractivity contribution in [3.8, 4) is 0 Å². The van der Waals surface area contributed by atoms with Crippen molar-refractivity contribution in [1.29, 1.82) is 0 Å². The number of aromatic nitrogens is 6. The van der Waals surface area contributed by atoms with Gasteiger partial charge in [-0.05, 0) is 222 Å². The highest BCUT2D eigenvalue weighted by atomic mass is 35.5. The first-order chi connectivity index (χ1) is 42.9. The minimum atomic E-state index is -0.278. The molecule has 4 N–H and O–H groups in total. The fourth-order valence-electron chi connectivity index (χ4n) is 16.0. The van der Waals surface area contributed by atoms with E-state index in [1.165, 1.54) is 88.5 Å². The van der Waals surface area contributed by atoms with E-state index in [4.69, 9.17) is 23.2 Å². The average Bonchev–Trinajstić information content (AvgIpc) is 4.25. The first-order valence-corrected chi connectivity index (χ1v) is 33.9. The van der Waals surface area contributed by atoms with Gasteiger partial charge in [0, 0.05) is 84.9 Å². The molecule has 4 saturated carbocycles. The quantitative estimate of drug-likeness (QED) is 0.0582. The molecule has 2 saturated heterocycles. The number of nitrogens with zero attached hydrogens (tertiary/aromatic N) is 8. The van der Waals surface area contributed by atoms with Crippen molar-refractivity contribution in [3.05, 3.63) is 155 Å². The van der Waals surface area contributed by atoms with Crippen LogP contribution < -0.4 is 21.3 Å². The third kappa shape index (κ3) is 17.3. The summed E-state index contributed by atoms with van der Waals surface area (Å²) in [5.41, 5.74) is 4.48. The maximum Gasteiger partial charge on any atom is 0.240 e. The van der Waals surface area contributed by atoms with Crippen LogP contribution in [0.2, 0.25) is 10.0 Å². The molecule has 18 heteroatoms. The van der Waals surface area contributed by atoms with E-state index in [9.17, 15) is 18.4 Å². The number of hydrogen-bond acceptors (Lipinski definition) is 10. The Morgan fingerprint density at radius 2 is 0.807 bits per heavy atom.